The highest BCUT2D eigenvalue weighted by Crippen LogP contribution is 2.18. The molecule has 0 bridgehead atoms. The number of rotatable bonds is 4. The molecule has 1 fully saturated rings. The van der Waals surface area contributed by atoms with E-state index in [0.717, 1.165) is 0 Å². The first kappa shape index (κ1) is 13.8. The van der Waals surface area contributed by atoms with Crippen LogP contribution in [0.5, 0.6) is 0 Å². The van der Waals surface area contributed by atoms with E-state index in [0.29, 0.717) is 6.42 Å². The molecule has 0 spiro atoms. The van der Waals surface area contributed by atoms with Crippen molar-refractivity contribution >= 4 is 27.4 Å². The maximum atomic E-state index is 11.7. The van der Waals surface area contributed by atoms with Gasteiger partial charge in [0.2, 0.25) is 6.10 Å². The summed E-state index contributed by atoms with van der Waals surface area (Å²) >= 11 is 0. The van der Waals surface area contributed by atoms with Crippen LogP contribution in [0.25, 0.3) is 0 Å². The Hall–Kier alpha value is -1.64. The standard InChI is InChI=1S/C10H14N2O6S/c13-9(8-3-7(10(14)15)12-18-8)11-4-6-1-2-19(16,17)5-6/h6,8H,1-5H2,(H,11,13)(H,14,15). The highest BCUT2D eigenvalue weighted by molar-refractivity contribution is 7.91. The first-order chi connectivity index (χ1) is 8.87. The third-order valence-electron chi connectivity index (χ3n) is 3.10. The molecule has 106 valence electrons. The number of carboxylic acid groups (broad SMARTS) is 1. The molecule has 0 aliphatic carbocycles. The van der Waals surface area contributed by atoms with Crippen LogP contribution in [0, 0.1) is 5.92 Å². The van der Waals surface area contributed by atoms with Gasteiger partial charge < -0.3 is 15.3 Å². The topological polar surface area (TPSA) is 122 Å². The normalized spacial score (nSPS) is 28.5. The highest BCUT2D eigenvalue weighted by atomic mass is 32.2. The Morgan fingerprint density at radius 2 is 2.21 bits per heavy atom. The van der Waals surface area contributed by atoms with Crippen molar-refractivity contribution in [1.82, 2.24) is 5.32 Å². The predicted molar refractivity (Wildman–Crippen MR) is 64.3 cm³/mol. The van der Waals surface area contributed by atoms with Crippen LogP contribution in [0.15, 0.2) is 5.16 Å². The number of hydrogen-bond donors (Lipinski definition) is 2. The second-order valence-corrected chi connectivity index (χ2v) is 6.88. The second-order valence-electron chi connectivity index (χ2n) is 4.66. The summed E-state index contributed by atoms with van der Waals surface area (Å²) in [4.78, 5) is 27.0. The molecule has 2 heterocycles. The Balaban J connectivity index is 1.76. The number of carbonyl (C=O) groups is 2. The highest BCUT2D eigenvalue weighted by Gasteiger charge is 2.33. The molecule has 1 saturated heterocycles. The molecule has 0 aromatic rings. The fraction of sp³-hybridized carbons (Fsp3) is 0.700. The van der Waals surface area contributed by atoms with Gasteiger partial charge in [-0.05, 0) is 12.3 Å². The van der Waals surface area contributed by atoms with Gasteiger partial charge in [-0.1, -0.05) is 5.16 Å². The summed E-state index contributed by atoms with van der Waals surface area (Å²) in [6.45, 7) is 0.250. The minimum atomic E-state index is -2.97. The van der Waals surface area contributed by atoms with Gasteiger partial charge in [-0.3, -0.25) is 4.79 Å². The zero-order valence-electron chi connectivity index (χ0n) is 10.0. The Labute approximate surface area is 109 Å². The van der Waals surface area contributed by atoms with E-state index >= 15 is 0 Å². The van der Waals surface area contributed by atoms with Crippen LogP contribution in [0.4, 0.5) is 0 Å². The van der Waals surface area contributed by atoms with Gasteiger partial charge in [-0.15, -0.1) is 0 Å². The lowest BCUT2D eigenvalue weighted by Gasteiger charge is -2.12. The number of amides is 1. The van der Waals surface area contributed by atoms with Gasteiger partial charge in [-0.25, -0.2) is 13.2 Å². The molecule has 9 heteroatoms. The molecule has 2 atom stereocenters. The summed E-state index contributed by atoms with van der Waals surface area (Å²) in [6, 6.07) is 0. The SMILES string of the molecule is O=C(O)C1=NOC(C(=O)NCC2CCS(=O)(=O)C2)C1. The van der Waals surface area contributed by atoms with Crippen LogP contribution in [-0.4, -0.2) is 55.3 Å². The lowest BCUT2D eigenvalue weighted by Crippen LogP contribution is -2.38. The predicted octanol–water partition coefficient (Wildman–Crippen LogP) is -1.23. The Kier molecular flexibility index (Phi) is 3.74. The largest absolute Gasteiger partial charge is 0.477 e. The summed E-state index contributed by atoms with van der Waals surface area (Å²) in [7, 11) is -2.97. The van der Waals surface area contributed by atoms with Crippen molar-refractivity contribution < 1.29 is 28.0 Å². The number of sulfone groups is 1. The van der Waals surface area contributed by atoms with Gasteiger partial charge in [0.1, 0.15) is 0 Å². The summed E-state index contributed by atoms with van der Waals surface area (Å²) in [5.74, 6) is -1.54. The Morgan fingerprint density at radius 1 is 1.47 bits per heavy atom. The maximum absolute atomic E-state index is 11.7. The molecular weight excluding hydrogens is 276 g/mol. The molecular formula is C10H14N2O6S. The molecule has 0 saturated carbocycles. The van der Waals surface area contributed by atoms with Gasteiger partial charge in [0.15, 0.2) is 15.5 Å². The minimum absolute atomic E-state index is 0.0790. The lowest BCUT2D eigenvalue weighted by molar-refractivity contribution is -0.131. The van der Waals surface area contributed by atoms with Crippen molar-refractivity contribution in [2.24, 2.45) is 11.1 Å². The number of nitrogens with zero attached hydrogens (tertiary/aromatic N) is 1. The first-order valence-electron chi connectivity index (χ1n) is 5.81. The third-order valence-corrected chi connectivity index (χ3v) is 4.94. The quantitative estimate of drug-likeness (QED) is 0.668. The number of nitrogens with one attached hydrogen (secondary N) is 1. The average molecular weight is 290 g/mol. The lowest BCUT2D eigenvalue weighted by atomic mass is 10.1. The van der Waals surface area contributed by atoms with Gasteiger partial charge in [-0.2, -0.15) is 0 Å². The van der Waals surface area contributed by atoms with Crippen LogP contribution in [0.3, 0.4) is 0 Å². The fourth-order valence-electron chi connectivity index (χ4n) is 2.04. The van der Waals surface area contributed by atoms with E-state index < -0.39 is 27.8 Å². The van der Waals surface area contributed by atoms with E-state index in [2.05, 4.69) is 10.5 Å². The van der Waals surface area contributed by atoms with Crippen molar-refractivity contribution in [3.63, 3.8) is 0 Å². The average Bonchev–Trinajstić information content (AvgIpc) is 2.92. The van der Waals surface area contributed by atoms with Crippen molar-refractivity contribution in [3.8, 4) is 0 Å². The molecule has 1 amide bonds. The van der Waals surface area contributed by atoms with Crippen molar-refractivity contribution in [2.45, 2.75) is 18.9 Å². The van der Waals surface area contributed by atoms with Gasteiger partial charge in [0.25, 0.3) is 5.91 Å². The van der Waals surface area contributed by atoms with Crippen LogP contribution >= 0.6 is 0 Å². The summed E-state index contributed by atoms with van der Waals surface area (Å²) in [6.07, 6.45) is -0.487. The fourth-order valence-corrected chi connectivity index (χ4v) is 3.90. The third kappa shape index (κ3) is 3.43. The molecule has 0 aromatic heterocycles. The maximum Gasteiger partial charge on any atom is 0.353 e. The molecule has 2 N–H and O–H groups in total. The van der Waals surface area contributed by atoms with E-state index in [-0.39, 0.29) is 36.1 Å². The number of carboxylic acids is 1. The van der Waals surface area contributed by atoms with Gasteiger partial charge in [0, 0.05) is 13.0 Å². The smallest absolute Gasteiger partial charge is 0.353 e. The molecule has 8 nitrogen and oxygen atoms in total. The van der Waals surface area contributed by atoms with Crippen LogP contribution in [0.2, 0.25) is 0 Å². The molecule has 0 radical (unpaired) electrons. The zero-order chi connectivity index (χ0) is 14.0. The van der Waals surface area contributed by atoms with Crippen LogP contribution in [0.1, 0.15) is 12.8 Å². The molecule has 0 aromatic carbocycles. The monoisotopic (exact) mass is 290 g/mol. The number of aliphatic carboxylic acids is 1. The molecule has 2 aliphatic heterocycles. The van der Waals surface area contributed by atoms with E-state index in [4.69, 9.17) is 9.94 Å². The summed E-state index contributed by atoms with van der Waals surface area (Å²) < 4.78 is 22.5. The molecule has 2 unspecified atom stereocenters. The minimum Gasteiger partial charge on any atom is -0.477 e. The zero-order valence-corrected chi connectivity index (χ0v) is 10.9. The van der Waals surface area contributed by atoms with E-state index in [1.54, 1.807) is 0 Å². The Morgan fingerprint density at radius 3 is 2.74 bits per heavy atom. The van der Waals surface area contributed by atoms with Crippen molar-refractivity contribution in [2.75, 3.05) is 18.1 Å². The van der Waals surface area contributed by atoms with Gasteiger partial charge in [0.05, 0.1) is 11.5 Å². The molecule has 2 rings (SSSR count). The van der Waals surface area contributed by atoms with Crippen LogP contribution < -0.4 is 5.32 Å². The van der Waals surface area contributed by atoms with Gasteiger partial charge >= 0.3 is 5.97 Å². The second kappa shape index (κ2) is 5.16. The first-order valence-corrected chi connectivity index (χ1v) is 7.63. The molecule has 2 aliphatic rings. The van der Waals surface area contributed by atoms with E-state index in [1.807, 2.05) is 0 Å². The molecule has 19 heavy (non-hydrogen) atoms. The summed E-state index contributed by atoms with van der Waals surface area (Å²) in [5, 5.41) is 14.5. The number of carbonyl (C=O) groups excluding carboxylic acids is 1. The van der Waals surface area contributed by atoms with Crippen LogP contribution in [-0.2, 0) is 24.3 Å². The summed E-state index contributed by atoms with van der Waals surface area (Å²) in [5.41, 5.74) is -0.191. The van der Waals surface area contributed by atoms with Crippen molar-refractivity contribution in [1.29, 1.82) is 0 Å². The van der Waals surface area contributed by atoms with E-state index in [9.17, 15) is 18.0 Å². The van der Waals surface area contributed by atoms with E-state index in [1.165, 1.54) is 0 Å². The number of hydrogen-bond acceptors (Lipinski definition) is 6. The number of oxime groups is 1. The Bertz CT molecular complexity index is 526. The van der Waals surface area contributed by atoms with Crippen molar-refractivity contribution in [3.05, 3.63) is 0 Å².